The molecule has 0 radical (unpaired) electrons. The summed E-state index contributed by atoms with van der Waals surface area (Å²) in [7, 11) is 0. The van der Waals surface area contributed by atoms with Crippen molar-refractivity contribution >= 4 is 77.0 Å². The number of hydrogen-bond donors (Lipinski definition) is 1. The summed E-state index contributed by atoms with van der Waals surface area (Å²) < 4.78 is 41.4. The minimum Gasteiger partial charge on any atom is -0.507 e. The quantitative estimate of drug-likeness (QED) is 0.186. The third kappa shape index (κ3) is 8.48. The Labute approximate surface area is 218 Å². The van der Waals surface area contributed by atoms with Crippen molar-refractivity contribution in [1.29, 1.82) is 0 Å². The van der Waals surface area contributed by atoms with Crippen LogP contribution in [0.3, 0.4) is 0 Å². The van der Waals surface area contributed by atoms with Gasteiger partial charge in [-0.25, -0.2) is 13.6 Å². The summed E-state index contributed by atoms with van der Waals surface area (Å²) in [6, 6.07) is 7.03. The van der Waals surface area contributed by atoms with Gasteiger partial charge < -0.3 is 19.0 Å². The molecule has 0 bridgehead atoms. The number of esters is 2. The van der Waals surface area contributed by atoms with Gasteiger partial charge in [-0.15, -0.1) is 0 Å². The minimum atomic E-state index is -0.736. The van der Waals surface area contributed by atoms with E-state index in [-0.39, 0.29) is 45.8 Å². The smallest absolute Gasteiger partial charge is 0.374 e. The fourth-order valence-corrected chi connectivity index (χ4v) is 3.08. The first-order valence-electron chi connectivity index (χ1n) is 9.49. The van der Waals surface area contributed by atoms with Gasteiger partial charge in [-0.3, -0.25) is 9.59 Å². The second-order valence-corrected chi connectivity index (χ2v) is 8.22. The average molecular weight is 673 g/mol. The van der Waals surface area contributed by atoms with Crippen LogP contribution >= 0.6 is 47.8 Å². The van der Waals surface area contributed by atoms with E-state index in [9.17, 15) is 23.2 Å². The number of halogens is 5. The number of fused-ring (bicyclic) bond motifs is 1. The van der Waals surface area contributed by atoms with Gasteiger partial charge in [0.2, 0.25) is 5.76 Å². The monoisotopic (exact) mass is 670 g/mol. The Bertz CT molecular complexity index is 1150. The number of phenols is 1. The molecule has 0 unspecified atom stereocenters. The van der Waals surface area contributed by atoms with Crippen molar-refractivity contribution in [3.8, 4) is 5.75 Å². The third-order valence-corrected chi connectivity index (χ3v) is 5.39. The van der Waals surface area contributed by atoms with E-state index >= 15 is 0 Å². The van der Waals surface area contributed by atoms with Crippen LogP contribution in [0.1, 0.15) is 34.8 Å². The van der Waals surface area contributed by atoms with Crippen LogP contribution in [0.15, 0.2) is 43.7 Å². The summed E-state index contributed by atoms with van der Waals surface area (Å²) in [5.41, 5.74) is 0.00290. The molecule has 0 aliphatic carbocycles. The van der Waals surface area contributed by atoms with E-state index in [0.717, 1.165) is 0 Å². The molecule has 1 N–H and O–H groups in total. The minimum absolute atomic E-state index is 0.00819. The molecule has 0 aliphatic rings. The van der Waals surface area contributed by atoms with Crippen LogP contribution < -0.4 is 0 Å². The molecule has 12 heteroatoms. The van der Waals surface area contributed by atoms with Gasteiger partial charge in [0.05, 0.1) is 33.1 Å². The molecule has 0 atom stereocenters. The molecule has 3 aromatic rings. The van der Waals surface area contributed by atoms with Crippen molar-refractivity contribution in [2.45, 2.75) is 13.8 Å². The molecule has 0 saturated heterocycles. The lowest BCUT2D eigenvalue weighted by atomic mass is 10.2. The zero-order chi connectivity index (χ0) is 25.8. The van der Waals surface area contributed by atoms with E-state index in [0.29, 0.717) is 22.0 Å². The Morgan fingerprint density at radius 2 is 1.62 bits per heavy atom. The second kappa shape index (κ2) is 14.8. The van der Waals surface area contributed by atoms with Crippen LogP contribution in [-0.4, -0.2) is 41.9 Å². The van der Waals surface area contributed by atoms with E-state index in [4.69, 9.17) is 14.3 Å². The first-order chi connectivity index (χ1) is 16.1. The molecule has 7 nitrogen and oxygen atoms in total. The first kappa shape index (κ1) is 29.7. The van der Waals surface area contributed by atoms with Crippen LogP contribution in [-0.2, 0) is 14.3 Å². The molecule has 184 valence electrons. The van der Waals surface area contributed by atoms with Crippen LogP contribution in [0.25, 0.3) is 11.0 Å². The Kier molecular flexibility index (Phi) is 13.0. The third-order valence-electron chi connectivity index (χ3n) is 3.71. The molecule has 0 amide bonds. The topological polar surface area (TPSA) is 103 Å². The first-order valence-corrected chi connectivity index (χ1v) is 12.2. The van der Waals surface area contributed by atoms with E-state index in [1.54, 1.807) is 19.9 Å². The Hall–Kier alpha value is -2.31. The second-order valence-electron chi connectivity index (χ2n) is 5.95. The fourth-order valence-electron chi connectivity index (χ4n) is 2.22. The van der Waals surface area contributed by atoms with Gasteiger partial charge in [0, 0.05) is 6.07 Å². The number of aromatic hydroxyl groups is 1. The highest BCUT2D eigenvalue weighted by Crippen LogP contribution is 2.28. The number of rotatable bonds is 5. The van der Waals surface area contributed by atoms with Crippen LogP contribution in [0.5, 0.6) is 5.75 Å². The number of alkyl halides is 1. The summed E-state index contributed by atoms with van der Waals surface area (Å²) in [6.45, 7) is 4.19. The van der Waals surface area contributed by atoms with Gasteiger partial charge in [0.25, 0.3) is 0 Å². The summed E-state index contributed by atoms with van der Waals surface area (Å²) >= 11 is 8.88. The molecular formula is C22H19Br3F2O7. The van der Waals surface area contributed by atoms with Gasteiger partial charge in [-0.1, -0.05) is 15.9 Å². The van der Waals surface area contributed by atoms with Crippen molar-refractivity contribution < 1.29 is 42.2 Å². The number of hydrogen-bond acceptors (Lipinski definition) is 7. The molecule has 3 rings (SSSR count). The van der Waals surface area contributed by atoms with Crippen molar-refractivity contribution in [2.75, 3.05) is 18.5 Å². The predicted octanol–water partition coefficient (Wildman–Crippen LogP) is 6.56. The molecule has 0 fully saturated rings. The predicted molar refractivity (Wildman–Crippen MR) is 131 cm³/mol. The molecule has 1 aromatic heterocycles. The highest BCUT2D eigenvalue weighted by atomic mass is 79.9. The Morgan fingerprint density at radius 1 is 1.03 bits per heavy atom. The number of carbonyl (C=O) groups is 3. The maximum Gasteiger partial charge on any atom is 0.374 e. The van der Waals surface area contributed by atoms with Gasteiger partial charge in [-0.05, 0) is 70.0 Å². The molecule has 34 heavy (non-hydrogen) atoms. The largest absolute Gasteiger partial charge is 0.507 e. The maximum atomic E-state index is 13.6. The molecule has 0 aliphatic heterocycles. The standard InChI is InChI=1S/C11H8BrFO3.C7H4BrFO2.C4H7BrO2/c1-2-15-11(14)9-5-6-8(16-9)4-3-7(12)10(6)13;8-5-1-2-6(11)4(3-10)7(5)9;1-2-7-4(6)3-5/h3-5H,2H2,1H3;1-3,11H;2-3H2,1H3. The molecular weight excluding hydrogens is 654 g/mol. The number of aldehydes is 1. The molecule has 0 saturated carbocycles. The SMILES string of the molecule is CCOC(=O)CBr.CCOC(=O)c1cc2c(F)c(Br)ccc2o1.O=Cc1c(O)ccc(Br)c1F. The van der Waals surface area contributed by atoms with Crippen molar-refractivity contribution in [1.82, 2.24) is 0 Å². The fraction of sp³-hybridized carbons (Fsp3) is 0.227. The number of furan rings is 1. The maximum absolute atomic E-state index is 13.6. The number of ether oxygens (including phenoxy) is 2. The van der Waals surface area contributed by atoms with Gasteiger partial charge >= 0.3 is 11.9 Å². The van der Waals surface area contributed by atoms with Crippen LogP contribution in [0, 0.1) is 11.6 Å². The van der Waals surface area contributed by atoms with Gasteiger partial charge in [0.1, 0.15) is 22.5 Å². The zero-order valence-electron chi connectivity index (χ0n) is 17.9. The number of phenolic OH excluding ortho intramolecular Hbond substituents is 1. The normalized spacial score (nSPS) is 9.85. The van der Waals surface area contributed by atoms with E-state index in [1.807, 2.05) is 0 Å². The molecule has 0 spiro atoms. The summed E-state index contributed by atoms with van der Waals surface area (Å²) in [4.78, 5) is 31.7. The summed E-state index contributed by atoms with van der Waals surface area (Å²) in [5, 5.41) is 9.48. The molecule has 2 aromatic carbocycles. The lowest BCUT2D eigenvalue weighted by Gasteiger charge is -1.99. The van der Waals surface area contributed by atoms with E-state index in [1.165, 1.54) is 24.3 Å². The van der Waals surface area contributed by atoms with E-state index in [2.05, 4.69) is 52.5 Å². The van der Waals surface area contributed by atoms with Crippen LogP contribution in [0.2, 0.25) is 0 Å². The van der Waals surface area contributed by atoms with Gasteiger partial charge in [-0.2, -0.15) is 0 Å². The Balaban J connectivity index is 0.000000280. The van der Waals surface area contributed by atoms with Crippen molar-refractivity contribution in [3.05, 3.63) is 62.2 Å². The molecule has 1 heterocycles. The average Bonchev–Trinajstić information content (AvgIpc) is 3.26. The zero-order valence-corrected chi connectivity index (χ0v) is 22.6. The Morgan fingerprint density at radius 3 is 2.12 bits per heavy atom. The van der Waals surface area contributed by atoms with Crippen molar-refractivity contribution in [3.63, 3.8) is 0 Å². The lowest BCUT2D eigenvalue weighted by molar-refractivity contribution is -0.139. The number of benzene rings is 2. The summed E-state index contributed by atoms with van der Waals surface area (Å²) in [6.07, 6.45) is 0.273. The van der Waals surface area contributed by atoms with Gasteiger partial charge in [0.15, 0.2) is 12.1 Å². The highest BCUT2D eigenvalue weighted by molar-refractivity contribution is 9.10. The van der Waals surface area contributed by atoms with Crippen molar-refractivity contribution in [2.24, 2.45) is 0 Å². The summed E-state index contributed by atoms with van der Waals surface area (Å²) in [5.74, 6) is -2.32. The number of carbonyl (C=O) groups excluding carboxylic acids is 3. The highest BCUT2D eigenvalue weighted by Gasteiger charge is 2.16. The van der Waals surface area contributed by atoms with E-state index < -0.39 is 17.6 Å². The lowest BCUT2D eigenvalue weighted by Crippen LogP contribution is -2.03. The van der Waals surface area contributed by atoms with Crippen LogP contribution in [0.4, 0.5) is 8.78 Å².